The molecule has 0 unspecified atom stereocenters. The zero-order valence-corrected chi connectivity index (χ0v) is 14.4. The number of nitrogens with one attached hydrogen (secondary N) is 1. The van der Waals surface area contributed by atoms with E-state index in [1.54, 1.807) is 16.8 Å². The predicted molar refractivity (Wildman–Crippen MR) is 99.3 cm³/mol. The molecule has 2 aromatic carbocycles. The van der Waals surface area contributed by atoms with Crippen molar-refractivity contribution >= 4 is 18.5 Å². The molecule has 0 aliphatic heterocycles. The number of hydrogen-bond acceptors (Lipinski definition) is 3. The number of aromatic nitrogens is 2. The number of amides is 1. The lowest BCUT2D eigenvalue weighted by atomic mass is 10.1. The van der Waals surface area contributed by atoms with Gasteiger partial charge in [0.15, 0.2) is 0 Å². The SMILES string of the molecule is O=C(CCS)NCc1cn(-c2ccccc2)nc1-c1ccc(F)cc1. The molecule has 1 amide bonds. The van der Waals surface area contributed by atoms with Crippen molar-refractivity contribution in [3.05, 3.63) is 72.2 Å². The van der Waals surface area contributed by atoms with E-state index in [9.17, 15) is 9.18 Å². The fourth-order valence-electron chi connectivity index (χ4n) is 2.49. The number of hydrogen-bond donors (Lipinski definition) is 2. The maximum Gasteiger partial charge on any atom is 0.221 e. The molecule has 0 aliphatic rings. The second kappa shape index (κ2) is 7.98. The molecule has 0 saturated carbocycles. The van der Waals surface area contributed by atoms with Gasteiger partial charge >= 0.3 is 0 Å². The molecule has 4 nitrogen and oxygen atoms in total. The number of thiol groups is 1. The van der Waals surface area contributed by atoms with E-state index >= 15 is 0 Å². The third-order valence-electron chi connectivity index (χ3n) is 3.74. The minimum absolute atomic E-state index is 0.0625. The first-order valence-electron chi connectivity index (χ1n) is 7.95. The van der Waals surface area contributed by atoms with Crippen molar-refractivity contribution in [2.24, 2.45) is 0 Å². The van der Waals surface area contributed by atoms with Crippen LogP contribution < -0.4 is 5.32 Å². The van der Waals surface area contributed by atoms with Gasteiger partial charge in [0.1, 0.15) is 5.82 Å². The van der Waals surface area contributed by atoms with Crippen LogP contribution in [0.4, 0.5) is 4.39 Å². The quantitative estimate of drug-likeness (QED) is 0.664. The van der Waals surface area contributed by atoms with Crippen LogP contribution in [0.2, 0.25) is 0 Å². The fraction of sp³-hybridized carbons (Fsp3) is 0.158. The Bertz CT molecular complexity index is 847. The van der Waals surface area contributed by atoms with E-state index < -0.39 is 0 Å². The number of benzene rings is 2. The zero-order chi connectivity index (χ0) is 17.6. The molecule has 1 heterocycles. The van der Waals surface area contributed by atoms with E-state index in [2.05, 4.69) is 23.0 Å². The molecular formula is C19H18FN3OS. The summed E-state index contributed by atoms with van der Waals surface area (Å²) in [7, 11) is 0. The smallest absolute Gasteiger partial charge is 0.221 e. The maximum absolute atomic E-state index is 13.2. The molecule has 1 N–H and O–H groups in total. The van der Waals surface area contributed by atoms with Crippen LogP contribution in [0.1, 0.15) is 12.0 Å². The van der Waals surface area contributed by atoms with Gasteiger partial charge in [-0.3, -0.25) is 4.79 Å². The van der Waals surface area contributed by atoms with Gasteiger partial charge in [0.05, 0.1) is 11.4 Å². The first-order chi connectivity index (χ1) is 12.2. The van der Waals surface area contributed by atoms with Gasteiger partial charge in [-0.25, -0.2) is 9.07 Å². The van der Waals surface area contributed by atoms with Gasteiger partial charge in [0.25, 0.3) is 0 Å². The van der Waals surface area contributed by atoms with Gasteiger partial charge in [-0.1, -0.05) is 18.2 Å². The molecule has 0 atom stereocenters. The lowest BCUT2D eigenvalue weighted by molar-refractivity contribution is -0.120. The minimum atomic E-state index is -0.296. The summed E-state index contributed by atoms with van der Waals surface area (Å²) in [5.74, 6) is 0.141. The Hall–Kier alpha value is -2.60. The summed E-state index contributed by atoms with van der Waals surface area (Å²) in [4.78, 5) is 11.7. The van der Waals surface area contributed by atoms with Crippen LogP contribution in [0, 0.1) is 5.82 Å². The standard InChI is InChI=1S/C19H18FN3OS/c20-16-8-6-14(7-9-16)19-15(12-21-18(24)10-11-25)13-23(22-19)17-4-2-1-3-5-17/h1-9,13,25H,10-12H2,(H,21,24). The molecule has 0 fully saturated rings. The van der Waals surface area contributed by atoms with E-state index in [0.717, 1.165) is 22.5 Å². The van der Waals surface area contributed by atoms with Crippen LogP contribution in [0.25, 0.3) is 16.9 Å². The molecule has 0 bridgehead atoms. The minimum Gasteiger partial charge on any atom is -0.352 e. The van der Waals surface area contributed by atoms with Crippen LogP contribution in [0.5, 0.6) is 0 Å². The first-order valence-corrected chi connectivity index (χ1v) is 8.58. The summed E-state index contributed by atoms with van der Waals surface area (Å²) >= 11 is 4.07. The van der Waals surface area contributed by atoms with Crippen molar-refractivity contribution in [1.29, 1.82) is 0 Å². The molecule has 3 aromatic rings. The highest BCUT2D eigenvalue weighted by molar-refractivity contribution is 7.80. The lowest BCUT2D eigenvalue weighted by Crippen LogP contribution is -2.22. The van der Waals surface area contributed by atoms with Gasteiger partial charge in [0, 0.05) is 30.3 Å². The van der Waals surface area contributed by atoms with Gasteiger partial charge in [-0.15, -0.1) is 0 Å². The number of carbonyl (C=O) groups excluding carboxylic acids is 1. The summed E-state index contributed by atoms with van der Waals surface area (Å²) in [6.07, 6.45) is 2.25. The molecule has 128 valence electrons. The first kappa shape index (κ1) is 17.2. The molecule has 0 radical (unpaired) electrons. The van der Waals surface area contributed by atoms with E-state index in [4.69, 9.17) is 0 Å². The number of halogens is 1. The topological polar surface area (TPSA) is 46.9 Å². The average molecular weight is 355 g/mol. The van der Waals surface area contributed by atoms with Gasteiger partial charge in [-0.2, -0.15) is 17.7 Å². The van der Waals surface area contributed by atoms with Crippen LogP contribution in [0.3, 0.4) is 0 Å². The number of carbonyl (C=O) groups is 1. The molecule has 0 saturated heterocycles. The largest absolute Gasteiger partial charge is 0.352 e. The normalized spacial score (nSPS) is 10.6. The monoisotopic (exact) mass is 355 g/mol. The average Bonchev–Trinajstić information content (AvgIpc) is 3.06. The van der Waals surface area contributed by atoms with E-state index in [1.807, 2.05) is 36.5 Å². The van der Waals surface area contributed by atoms with Crippen LogP contribution in [0.15, 0.2) is 60.8 Å². The molecule has 25 heavy (non-hydrogen) atoms. The fourth-order valence-corrected chi connectivity index (χ4v) is 2.69. The van der Waals surface area contributed by atoms with Crippen LogP contribution >= 0.6 is 12.6 Å². The summed E-state index contributed by atoms with van der Waals surface area (Å²) < 4.78 is 15.0. The number of rotatable bonds is 6. The summed E-state index contributed by atoms with van der Waals surface area (Å²) in [5.41, 5.74) is 3.30. The second-order valence-corrected chi connectivity index (χ2v) is 5.99. The van der Waals surface area contributed by atoms with E-state index in [-0.39, 0.29) is 11.7 Å². The lowest BCUT2D eigenvalue weighted by Gasteiger charge is -2.05. The summed E-state index contributed by atoms with van der Waals surface area (Å²) in [6.45, 7) is 0.353. The van der Waals surface area contributed by atoms with Crippen molar-refractivity contribution < 1.29 is 9.18 Å². The van der Waals surface area contributed by atoms with Crippen molar-refractivity contribution in [3.8, 4) is 16.9 Å². The van der Waals surface area contributed by atoms with Crippen molar-refractivity contribution in [2.45, 2.75) is 13.0 Å². The molecule has 0 spiro atoms. The molecule has 6 heteroatoms. The Morgan fingerprint density at radius 3 is 2.52 bits per heavy atom. The Balaban J connectivity index is 1.94. The number of para-hydroxylation sites is 1. The second-order valence-electron chi connectivity index (χ2n) is 5.54. The molecule has 0 aliphatic carbocycles. The molecular weight excluding hydrogens is 337 g/mol. The van der Waals surface area contributed by atoms with Crippen LogP contribution in [-0.4, -0.2) is 21.4 Å². The highest BCUT2D eigenvalue weighted by Gasteiger charge is 2.13. The Morgan fingerprint density at radius 2 is 1.84 bits per heavy atom. The number of nitrogens with zero attached hydrogens (tertiary/aromatic N) is 2. The van der Waals surface area contributed by atoms with Crippen molar-refractivity contribution in [1.82, 2.24) is 15.1 Å². The van der Waals surface area contributed by atoms with Crippen molar-refractivity contribution in [2.75, 3.05) is 5.75 Å². The Kier molecular flexibility index (Phi) is 5.50. The summed E-state index contributed by atoms with van der Waals surface area (Å²) in [5, 5.41) is 7.50. The van der Waals surface area contributed by atoms with Gasteiger partial charge in [0.2, 0.25) is 5.91 Å². The summed E-state index contributed by atoms with van der Waals surface area (Å²) in [6, 6.07) is 15.9. The molecule has 3 rings (SSSR count). The highest BCUT2D eigenvalue weighted by Crippen LogP contribution is 2.24. The van der Waals surface area contributed by atoms with Gasteiger partial charge < -0.3 is 5.32 Å². The Labute approximate surface area is 151 Å². The maximum atomic E-state index is 13.2. The van der Waals surface area contributed by atoms with E-state index in [0.29, 0.717) is 18.7 Å². The highest BCUT2D eigenvalue weighted by atomic mass is 32.1. The van der Waals surface area contributed by atoms with E-state index in [1.165, 1.54) is 12.1 Å². The van der Waals surface area contributed by atoms with Crippen LogP contribution in [-0.2, 0) is 11.3 Å². The third kappa shape index (κ3) is 4.28. The predicted octanol–water partition coefficient (Wildman–Crippen LogP) is 3.61. The van der Waals surface area contributed by atoms with Crippen molar-refractivity contribution in [3.63, 3.8) is 0 Å². The Morgan fingerprint density at radius 1 is 1.12 bits per heavy atom. The molecule has 1 aromatic heterocycles. The van der Waals surface area contributed by atoms with Gasteiger partial charge in [-0.05, 0) is 42.2 Å². The zero-order valence-electron chi connectivity index (χ0n) is 13.5. The third-order valence-corrected chi connectivity index (χ3v) is 3.97.